The fourth-order valence-electron chi connectivity index (χ4n) is 3.88. The van der Waals surface area contributed by atoms with Gasteiger partial charge in [-0.1, -0.05) is 60.1 Å². The highest BCUT2D eigenvalue weighted by molar-refractivity contribution is 7.17. The highest BCUT2D eigenvalue weighted by Gasteiger charge is 2.20. The first kappa shape index (κ1) is 25.4. The molecule has 0 fully saturated rings. The summed E-state index contributed by atoms with van der Waals surface area (Å²) in [7, 11) is 0. The number of halogens is 1. The largest absolute Gasteiger partial charge is 0.350 e. The summed E-state index contributed by atoms with van der Waals surface area (Å²) >= 11 is 7.30. The van der Waals surface area contributed by atoms with Gasteiger partial charge in [0.15, 0.2) is 0 Å². The van der Waals surface area contributed by atoms with Crippen molar-refractivity contribution >= 4 is 45.0 Å². The quantitative estimate of drug-likeness (QED) is 0.364. The van der Waals surface area contributed by atoms with Crippen molar-refractivity contribution in [3.05, 3.63) is 103 Å². The van der Waals surface area contributed by atoms with Crippen LogP contribution in [0.25, 0.3) is 10.2 Å². The third kappa shape index (κ3) is 5.58. The number of carbonyl (C=O) groups excluding carboxylic acids is 2. The van der Waals surface area contributed by atoms with E-state index in [0.717, 1.165) is 15.7 Å². The van der Waals surface area contributed by atoms with Crippen LogP contribution >= 0.6 is 22.9 Å². The molecule has 0 aliphatic heterocycles. The van der Waals surface area contributed by atoms with Crippen molar-refractivity contribution in [1.29, 1.82) is 0 Å². The van der Waals surface area contributed by atoms with E-state index in [2.05, 4.69) is 5.32 Å². The zero-order chi connectivity index (χ0) is 25.7. The van der Waals surface area contributed by atoms with Crippen LogP contribution < -0.4 is 16.6 Å². The maximum atomic E-state index is 13.3. The second kappa shape index (κ2) is 11.4. The number of rotatable bonds is 9. The number of likely N-dealkylation sites (N-methyl/N-ethyl adjacent to an activating group) is 1. The zero-order valence-electron chi connectivity index (χ0n) is 19.6. The fraction of sp³-hybridized carbons (Fsp3) is 0.231. The van der Waals surface area contributed by atoms with E-state index in [1.54, 1.807) is 40.6 Å². The molecule has 0 radical (unpaired) electrons. The number of hydrogen-bond donors (Lipinski definition) is 1. The summed E-state index contributed by atoms with van der Waals surface area (Å²) in [6.45, 7) is 2.18. The highest BCUT2D eigenvalue weighted by atomic mass is 35.5. The summed E-state index contributed by atoms with van der Waals surface area (Å²) in [4.78, 5) is 53.8. The van der Waals surface area contributed by atoms with Crippen LogP contribution in [0.5, 0.6) is 0 Å². The zero-order valence-corrected chi connectivity index (χ0v) is 21.2. The second-order valence-electron chi connectivity index (χ2n) is 8.16. The van der Waals surface area contributed by atoms with E-state index in [1.807, 2.05) is 37.3 Å². The molecule has 8 nitrogen and oxygen atoms in total. The number of nitrogens with one attached hydrogen (secondary N) is 1. The number of amides is 2. The number of benzene rings is 2. The Labute approximate surface area is 216 Å². The van der Waals surface area contributed by atoms with E-state index < -0.39 is 23.7 Å². The van der Waals surface area contributed by atoms with Crippen molar-refractivity contribution in [1.82, 2.24) is 19.4 Å². The van der Waals surface area contributed by atoms with Crippen molar-refractivity contribution in [3.8, 4) is 0 Å². The van der Waals surface area contributed by atoms with E-state index in [0.29, 0.717) is 28.3 Å². The van der Waals surface area contributed by atoms with Gasteiger partial charge in [-0.2, -0.15) is 0 Å². The molecule has 0 saturated heterocycles. The van der Waals surface area contributed by atoms with E-state index in [1.165, 1.54) is 15.9 Å². The summed E-state index contributed by atoms with van der Waals surface area (Å²) in [5.74, 6) is -0.772. The Bertz CT molecular complexity index is 1510. The molecule has 186 valence electrons. The number of aromatic nitrogens is 2. The third-order valence-electron chi connectivity index (χ3n) is 5.82. The number of thiophene rings is 1. The Morgan fingerprint density at radius 1 is 0.972 bits per heavy atom. The predicted molar refractivity (Wildman–Crippen MR) is 141 cm³/mol. The van der Waals surface area contributed by atoms with Gasteiger partial charge in [0, 0.05) is 24.7 Å². The lowest BCUT2D eigenvalue weighted by Gasteiger charge is -2.22. The molecular weight excluding hydrogens is 500 g/mol. The summed E-state index contributed by atoms with van der Waals surface area (Å²) in [5, 5.41) is 4.89. The number of nitrogens with zero attached hydrogens (tertiary/aromatic N) is 3. The summed E-state index contributed by atoms with van der Waals surface area (Å²) < 4.78 is 2.46. The first-order valence-electron chi connectivity index (χ1n) is 11.4. The summed E-state index contributed by atoms with van der Waals surface area (Å²) in [5.41, 5.74) is 0.809. The van der Waals surface area contributed by atoms with Gasteiger partial charge >= 0.3 is 5.69 Å². The van der Waals surface area contributed by atoms with E-state index in [4.69, 9.17) is 11.6 Å². The van der Waals surface area contributed by atoms with Gasteiger partial charge in [0.25, 0.3) is 5.56 Å². The van der Waals surface area contributed by atoms with Gasteiger partial charge in [0.1, 0.15) is 17.8 Å². The topological polar surface area (TPSA) is 93.4 Å². The lowest BCUT2D eigenvalue weighted by molar-refractivity contribution is -0.132. The molecule has 0 saturated carbocycles. The van der Waals surface area contributed by atoms with Gasteiger partial charge in [-0.25, -0.2) is 9.36 Å². The smallest absolute Gasteiger partial charge is 0.332 e. The van der Waals surface area contributed by atoms with Crippen LogP contribution in [0.1, 0.15) is 18.1 Å². The second-order valence-corrected chi connectivity index (χ2v) is 9.48. The number of carbonyl (C=O) groups is 2. The monoisotopic (exact) mass is 524 g/mol. The first-order chi connectivity index (χ1) is 17.4. The van der Waals surface area contributed by atoms with Gasteiger partial charge in [-0.15, -0.1) is 11.3 Å². The van der Waals surface area contributed by atoms with Crippen LogP contribution in [0.2, 0.25) is 5.02 Å². The molecular formula is C26H25ClN4O4S. The fourth-order valence-corrected chi connectivity index (χ4v) is 4.92. The molecule has 4 rings (SSSR count). The summed E-state index contributed by atoms with van der Waals surface area (Å²) in [6, 6.07) is 18.3. The Kier molecular flexibility index (Phi) is 8.02. The Morgan fingerprint density at radius 3 is 2.42 bits per heavy atom. The van der Waals surface area contributed by atoms with Crippen molar-refractivity contribution in [2.75, 3.05) is 6.54 Å². The van der Waals surface area contributed by atoms with Crippen LogP contribution in [0.4, 0.5) is 0 Å². The van der Waals surface area contributed by atoms with Crippen LogP contribution in [0.3, 0.4) is 0 Å². The minimum Gasteiger partial charge on any atom is -0.350 e. The summed E-state index contributed by atoms with van der Waals surface area (Å²) in [6.07, 6.45) is 0. The molecule has 2 heterocycles. The number of hydrogen-bond acceptors (Lipinski definition) is 5. The average Bonchev–Trinajstić information content (AvgIpc) is 3.38. The molecule has 1 N–H and O–H groups in total. The van der Waals surface area contributed by atoms with E-state index in [9.17, 15) is 19.2 Å². The SMILES string of the molecule is CCN(Cc1ccccc1)C(=O)Cn1c(=O)n(CC(=O)NCc2ccccc2Cl)c(=O)c2sccc21. The van der Waals surface area contributed by atoms with Gasteiger partial charge in [-0.05, 0) is 35.6 Å². The van der Waals surface area contributed by atoms with Crippen molar-refractivity contribution in [2.24, 2.45) is 0 Å². The Balaban J connectivity index is 1.58. The molecule has 0 bridgehead atoms. The molecule has 0 aliphatic rings. The van der Waals surface area contributed by atoms with Crippen LogP contribution in [0.15, 0.2) is 75.6 Å². The molecule has 0 unspecified atom stereocenters. The minimum absolute atomic E-state index is 0.159. The van der Waals surface area contributed by atoms with Crippen LogP contribution in [0, 0.1) is 0 Å². The lowest BCUT2D eigenvalue weighted by Crippen LogP contribution is -2.45. The van der Waals surface area contributed by atoms with Gasteiger partial charge in [0.2, 0.25) is 11.8 Å². The molecule has 4 aromatic rings. The van der Waals surface area contributed by atoms with Crippen LogP contribution in [-0.2, 0) is 35.8 Å². The maximum Gasteiger partial charge on any atom is 0.332 e. The maximum absolute atomic E-state index is 13.3. The lowest BCUT2D eigenvalue weighted by atomic mass is 10.2. The average molecular weight is 525 g/mol. The van der Waals surface area contributed by atoms with Gasteiger partial charge < -0.3 is 10.2 Å². The minimum atomic E-state index is -0.706. The molecule has 0 spiro atoms. The van der Waals surface area contributed by atoms with E-state index in [-0.39, 0.29) is 19.0 Å². The molecule has 10 heteroatoms. The van der Waals surface area contributed by atoms with E-state index >= 15 is 0 Å². The first-order valence-corrected chi connectivity index (χ1v) is 12.7. The van der Waals surface area contributed by atoms with Gasteiger partial charge in [0.05, 0.1) is 5.52 Å². The standard InChI is InChI=1S/C26H25ClN4O4S/c1-2-29(15-18-8-4-3-5-9-18)23(33)17-30-21-12-13-36-24(21)25(34)31(26(30)35)16-22(32)28-14-19-10-6-7-11-20(19)27/h3-13H,2,14-17H2,1H3,(H,28,32). The normalized spacial score (nSPS) is 10.9. The molecule has 2 aromatic carbocycles. The highest BCUT2D eigenvalue weighted by Crippen LogP contribution is 2.16. The molecule has 36 heavy (non-hydrogen) atoms. The third-order valence-corrected chi connectivity index (χ3v) is 7.08. The molecule has 2 amide bonds. The molecule has 0 atom stereocenters. The van der Waals surface area contributed by atoms with Crippen molar-refractivity contribution in [3.63, 3.8) is 0 Å². The van der Waals surface area contributed by atoms with Crippen molar-refractivity contribution in [2.45, 2.75) is 33.1 Å². The predicted octanol–water partition coefficient (Wildman–Crippen LogP) is 3.24. The molecule has 2 aromatic heterocycles. The van der Waals surface area contributed by atoms with Crippen molar-refractivity contribution < 1.29 is 9.59 Å². The van der Waals surface area contributed by atoms with Crippen LogP contribution in [-0.4, -0.2) is 32.4 Å². The molecule has 0 aliphatic carbocycles. The Hall–Kier alpha value is -3.69. The van der Waals surface area contributed by atoms with Gasteiger partial charge in [-0.3, -0.25) is 19.0 Å². The Morgan fingerprint density at radius 2 is 1.69 bits per heavy atom. The number of fused-ring (bicyclic) bond motifs is 1.